The molecule has 14 heavy (non-hydrogen) atoms. The number of hydrogen-bond acceptors (Lipinski definition) is 2. The van der Waals surface area contributed by atoms with Crippen LogP contribution in [0.1, 0.15) is 41.5 Å². The first-order chi connectivity index (χ1) is 5.55. The molecule has 0 aliphatic heterocycles. The molecule has 0 N–H and O–H groups in total. The van der Waals surface area contributed by atoms with Gasteiger partial charge in [-0.2, -0.15) is 4.91 Å². The Morgan fingerprint density at radius 2 is 1.36 bits per heavy atom. The molecule has 0 saturated carbocycles. The zero-order valence-corrected chi connectivity index (χ0v) is 13.2. The van der Waals surface area contributed by atoms with Crippen LogP contribution in [0.2, 0.25) is 0 Å². The summed E-state index contributed by atoms with van der Waals surface area (Å²) in [5.41, 5.74) is -0.411. The van der Waals surface area contributed by atoms with Gasteiger partial charge in [-0.1, -0.05) is 41.5 Å². The molecule has 0 rings (SSSR count). The summed E-state index contributed by atoms with van der Waals surface area (Å²) < 4.78 is 0. The topological polar surface area (TPSA) is 17.1 Å². The van der Waals surface area contributed by atoms with Crippen molar-refractivity contribution in [1.82, 2.24) is 0 Å². The minimum atomic E-state index is -0.324. The van der Waals surface area contributed by atoms with Gasteiger partial charge in [0.2, 0.25) is 0 Å². The van der Waals surface area contributed by atoms with E-state index < -0.39 is 0 Å². The maximum Gasteiger partial charge on any atom is 1.00 e. The van der Waals surface area contributed by atoms with Crippen molar-refractivity contribution in [1.29, 1.82) is 0 Å². The van der Waals surface area contributed by atoms with E-state index in [1.54, 1.807) is 6.08 Å². The second-order valence-electron chi connectivity index (χ2n) is 5.37. The van der Waals surface area contributed by atoms with Crippen LogP contribution in [-0.2, 0) is 17.4 Å². The summed E-state index contributed by atoms with van der Waals surface area (Å²) in [6.07, 6.45) is 1.59. The number of rotatable bonds is 1. The van der Waals surface area contributed by atoms with E-state index in [0.717, 1.165) is 4.91 Å². The molecule has 0 aromatic rings. The van der Waals surface area contributed by atoms with Crippen molar-refractivity contribution in [3.63, 3.8) is 0 Å². The zero-order chi connectivity index (χ0) is 10.9. The van der Waals surface area contributed by atoms with E-state index in [1.165, 1.54) is 0 Å². The molecular formula is C11H19NaOS. The largest absolute Gasteiger partial charge is 1.00 e. The van der Waals surface area contributed by atoms with E-state index in [2.05, 4.69) is 0 Å². The molecule has 1 nitrogen and oxygen atoms in total. The molecule has 76 valence electrons. The van der Waals surface area contributed by atoms with Gasteiger partial charge in [0.25, 0.3) is 0 Å². The Morgan fingerprint density at radius 1 is 1.00 bits per heavy atom. The molecule has 0 unspecified atom stereocenters. The van der Waals surface area contributed by atoms with Crippen LogP contribution in [0, 0.1) is 10.8 Å². The maximum atomic E-state index is 11.6. The SMILES string of the molecule is CC(C)(C)C(=O)C=C([S-])C(C)(C)C.[Na+]. The minimum absolute atomic E-state index is 0. The maximum absolute atomic E-state index is 11.6. The molecule has 0 fully saturated rings. The van der Waals surface area contributed by atoms with Crippen LogP contribution in [0.3, 0.4) is 0 Å². The molecule has 0 aliphatic rings. The van der Waals surface area contributed by atoms with Crippen molar-refractivity contribution >= 4 is 18.4 Å². The van der Waals surface area contributed by atoms with Gasteiger partial charge in [-0.25, -0.2) is 0 Å². The van der Waals surface area contributed by atoms with E-state index in [9.17, 15) is 4.79 Å². The van der Waals surface area contributed by atoms with E-state index in [1.807, 2.05) is 41.5 Å². The molecule has 0 heterocycles. The molecule has 0 spiro atoms. The zero-order valence-electron chi connectivity index (χ0n) is 10.4. The van der Waals surface area contributed by atoms with Gasteiger partial charge in [0, 0.05) is 5.41 Å². The minimum Gasteiger partial charge on any atom is -0.783 e. The fourth-order valence-electron chi connectivity index (χ4n) is 0.552. The Kier molecular flexibility index (Phi) is 6.87. The number of carbonyl (C=O) groups excluding carboxylic acids is 1. The number of allylic oxidation sites excluding steroid dienone is 2. The normalized spacial score (nSPS) is 13.4. The van der Waals surface area contributed by atoms with Crippen molar-refractivity contribution < 1.29 is 34.4 Å². The molecule has 0 aromatic carbocycles. The first-order valence-electron chi connectivity index (χ1n) is 4.49. The van der Waals surface area contributed by atoms with Crippen molar-refractivity contribution in [3.05, 3.63) is 11.0 Å². The summed E-state index contributed by atoms with van der Waals surface area (Å²) >= 11 is 5.16. The molecule has 0 bridgehead atoms. The van der Waals surface area contributed by atoms with Gasteiger partial charge in [0.05, 0.1) is 0 Å². The number of carbonyl (C=O) groups is 1. The van der Waals surface area contributed by atoms with E-state index in [4.69, 9.17) is 12.6 Å². The van der Waals surface area contributed by atoms with Crippen LogP contribution in [0.15, 0.2) is 11.0 Å². The monoisotopic (exact) mass is 222 g/mol. The summed E-state index contributed by atoms with van der Waals surface area (Å²) in [4.78, 5) is 12.3. The summed E-state index contributed by atoms with van der Waals surface area (Å²) in [6.45, 7) is 11.7. The van der Waals surface area contributed by atoms with Crippen LogP contribution in [-0.4, -0.2) is 5.78 Å². The van der Waals surface area contributed by atoms with Crippen LogP contribution in [0.5, 0.6) is 0 Å². The Morgan fingerprint density at radius 3 is 1.57 bits per heavy atom. The van der Waals surface area contributed by atoms with Crippen molar-refractivity contribution in [3.8, 4) is 0 Å². The molecular weight excluding hydrogens is 203 g/mol. The summed E-state index contributed by atoms with van der Waals surface area (Å²) in [5.74, 6) is 0.104. The predicted molar refractivity (Wildman–Crippen MR) is 59.4 cm³/mol. The summed E-state index contributed by atoms with van der Waals surface area (Å²) in [7, 11) is 0. The van der Waals surface area contributed by atoms with Gasteiger partial charge in [0.15, 0.2) is 5.78 Å². The molecule has 0 aliphatic carbocycles. The van der Waals surface area contributed by atoms with Gasteiger partial charge < -0.3 is 12.6 Å². The Balaban J connectivity index is 0. The van der Waals surface area contributed by atoms with Crippen molar-refractivity contribution in [2.24, 2.45) is 10.8 Å². The Labute approximate surface area is 115 Å². The number of ketones is 1. The predicted octanol–water partition coefficient (Wildman–Crippen LogP) is 0.0825. The van der Waals surface area contributed by atoms with Gasteiger partial charge >= 0.3 is 29.6 Å². The molecule has 0 amide bonds. The molecule has 0 atom stereocenters. The molecule has 0 aromatic heterocycles. The Bertz CT molecular complexity index is 231. The van der Waals surface area contributed by atoms with Crippen LogP contribution >= 0.6 is 0 Å². The van der Waals surface area contributed by atoms with Crippen molar-refractivity contribution in [2.75, 3.05) is 0 Å². The molecule has 0 radical (unpaired) electrons. The van der Waals surface area contributed by atoms with Crippen LogP contribution in [0.4, 0.5) is 0 Å². The standard InChI is InChI=1S/C11H20OS.Na/c1-10(2,3)8(12)7-9(13)11(4,5)6;/h7,13H,1-6H3;/q;+1/p-1. The van der Waals surface area contributed by atoms with Gasteiger partial charge in [-0.05, 0) is 11.5 Å². The smallest absolute Gasteiger partial charge is 0.783 e. The average molecular weight is 222 g/mol. The first kappa shape index (κ1) is 17.0. The quantitative estimate of drug-likeness (QED) is 0.355. The van der Waals surface area contributed by atoms with Gasteiger partial charge in [0.1, 0.15) is 0 Å². The average Bonchev–Trinajstić information content (AvgIpc) is 1.82. The van der Waals surface area contributed by atoms with Crippen molar-refractivity contribution in [2.45, 2.75) is 41.5 Å². The fraction of sp³-hybridized carbons (Fsp3) is 0.727. The summed E-state index contributed by atoms with van der Waals surface area (Å²) in [6, 6.07) is 0. The third kappa shape index (κ3) is 6.18. The van der Waals surface area contributed by atoms with Crippen LogP contribution < -0.4 is 29.6 Å². The Hall–Kier alpha value is 0.630. The second kappa shape index (κ2) is 5.64. The van der Waals surface area contributed by atoms with E-state index in [0.29, 0.717) is 0 Å². The van der Waals surface area contributed by atoms with Crippen LogP contribution in [0.25, 0.3) is 0 Å². The summed E-state index contributed by atoms with van der Waals surface area (Å²) in [5, 5.41) is 0. The van der Waals surface area contributed by atoms with Gasteiger partial charge in [-0.3, -0.25) is 4.79 Å². The number of hydrogen-bond donors (Lipinski definition) is 0. The third-order valence-electron chi connectivity index (χ3n) is 1.74. The first-order valence-corrected chi connectivity index (χ1v) is 4.89. The second-order valence-corrected chi connectivity index (χ2v) is 5.81. The molecule has 0 saturated heterocycles. The third-order valence-corrected chi connectivity index (χ3v) is 2.47. The van der Waals surface area contributed by atoms with Gasteiger partial charge in [-0.15, -0.1) is 0 Å². The molecule has 3 heteroatoms. The fourth-order valence-corrected chi connectivity index (χ4v) is 0.659. The van der Waals surface area contributed by atoms with E-state index >= 15 is 0 Å². The van der Waals surface area contributed by atoms with E-state index in [-0.39, 0.29) is 46.2 Å².